The third kappa shape index (κ3) is 1.97. The van der Waals surface area contributed by atoms with Gasteiger partial charge < -0.3 is 14.6 Å². The quantitative estimate of drug-likeness (QED) is 0.871. The van der Waals surface area contributed by atoms with Gasteiger partial charge in [0.2, 0.25) is 0 Å². The molecule has 0 aliphatic rings. The number of rotatable bonds is 3. The number of carbonyl (C=O) groups is 1. The molecule has 4 nitrogen and oxygen atoms in total. The molecule has 1 N–H and O–H groups in total. The van der Waals surface area contributed by atoms with Crippen LogP contribution in [-0.2, 0) is 0 Å². The molecule has 0 atom stereocenters. The smallest absolute Gasteiger partial charge is 0.340 e. The van der Waals surface area contributed by atoms with E-state index in [1.807, 2.05) is 0 Å². The summed E-state index contributed by atoms with van der Waals surface area (Å²) in [7, 11) is 2.58. The number of methoxy groups -OCH3 is 2. The molecule has 0 heterocycles. The van der Waals surface area contributed by atoms with E-state index in [0.717, 1.165) is 6.07 Å². The molecule has 0 aromatic heterocycles. The molecule has 0 unspecified atom stereocenters. The lowest BCUT2D eigenvalue weighted by molar-refractivity contribution is 0.0691. The highest BCUT2D eigenvalue weighted by Crippen LogP contribution is 2.38. The summed E-state index contributed by atoms with van der Waals surface area (Å²) >= 11 is 5.67. The van der Waals surface area contributed by atoms with E-state index in [0.29, 0.717) is 0 Å². The molecule has 15 heavy (non-hydrogen) atoms. The van der Waals surface area contributed by atoms with Gasteiger partial charge in [-0.25, -0.2) is 9.18 Å². The first-order valence-corrected chi connectivity index (χ1v) is 4.24. The monoisotopic (exact) mass is 234 g/mol. The van der Waals surface area contributed by atoms with Crippen molar-refractivity contribution in [3.05, 3.63) is 22.5 Å². The van der Waals surface area contributed by atoms with Gasteiger partial charge in [-0.3, -0.25) is 0 Å². The number of carboxylic acid groups (broad SMARTS) is 1. The van der Waals surface area contributed by atoms with Gasteiger partial charge in [0.1, 0.15) is 16.4 Å². The van der Waals surface area contributed by atoms with Crippen molar-refractivity contribution in [3.63, 3.8) is 0 Å². The van der Waals surface area contributed by atoms with E-state index in [-0.39, 0.29) is 16.5 Å². The zero-order valence-corrected chi connectivity index (χ0v) is 8.76. The number of halogens is 2. The Labute approximate surface area is 90.2 Å². The van der Waals surface area contributed by atoms with Crippen LogP contribution in [0.2, 0.25) is 5.02 Å². The summed E-state index contributed by atoms with van der Waals surface area (Å²) in [5, 5.41) is 8.39. The van der Waals surface area contributed by atoms with Crippen molar-refractivity contribution in [2.45, 2.75) is 0 Å². The highest BCUT2D eigenvalue weighted by molar-refractivity contribution is 6.35. The number of aromatic carboxylic acids is 1. The van der Waals surface area contributed by atoms with Gasteiger partial charge in [-0.2, -0.15) is 0 Å². The first-order valence-electron chi connectivity index (χ1n) is 3.86. The van der Waals surface area contributed by atoms with Crippen molar-refractivity contribution in [2.75, 3.05) is 14.2 Å². The van der Waals surface area contributed by atoms with E-state index in [1.54, 1.807) is 0 Å². The number of hydrogen-bond donors (Lipinski definition) is 1. The number of hydrogen-bond acceptors (Lipinski definition) is 3. The molecule has 0 amide bonds. The Hall–Kier alpha value is -1.49. The van der Waals surface area contributed by atoms with Gasteiger partial charge in [0.05, 0.1) is 14.2 Å². The summed E-state index contributed by atoms with van der Waals surface area (Å²) in [6.07, 6.45) is 0. The first-order chi connectivity index (χ1) is 7.02. The van der Waals surface area contributed by atoms with Crippen LogP contribution in [0.4, 0.5) is 4.39 Å². The van der Waals surface area contributed by atoms with E-state index >= 15 is 0 Å². The van der Waals surface area contributed by atoms with Crippen LogP contribution < -0.4 is 9.47 Å². The maximum Gasteiger partial charge on any atom is 0.340 e. The van der Waals surface area contributed by atoms with E-state index in [1.165, 1.54) is 14.2 Å². The Morgan fingerprint density at radius 3 is 2.47 bits per heavy atom. The van der Waals surface area contributed by atoms with Crippen LogP contribution in [0.25, 0.3) is 0 Å². The minimum Gasteiger partial charge on any atom is -0.493 e. The van der Waals surface area contributed by atoms with Crippen molar-refractivity contribution >= 4 is 17.6 Å². The standard InChI is InChI=1S/C9H8ClFO4/c1-14-5-3-4(11)6(9(12)13)7(10)8(5)15-2/h3H,1-2H3,(H,12,13). The lowest BCUT2D eigenvalue weighted by Gasteiger charge is -2.11. The van der Waals surface area contributed by atoms with E-state index in [9.17, 15) is 9.18 Å². The summed E-state index contributed by atoms with van der Waals surface area (Å²) in [6.45, 7) is 0. The van der Waals surface area contributed by atoms with Crippen LogP contribution in [0.15, 0.2) is 6.07 Å². The molecule has 82 valence electrons. The van der Waals surface area contributed by atoms with Crippen LogP contribution in [0, 0.1) is 5.82 Å². The Balaban J connectivity index is 3.51. The van der Waals surface area contributed by atoms with Crippen molar-refractivity contribution < 1.29 is 23.8 Å². The molecule has 0 saturated carbocycles. The van der Waals surface area contributed by atoms with Crippen molar-refractivity contribution in [2.24, 2.45) is 0 Å². The Bertz CT molecular complexity index is 406. The molecule has 0 aliphatic carbocycles. The fraction of sp³-hybridized carbons (Fsp3) is 0.222. The molecule has 0 aliphatic heterocycles. The molecular weight excluding hydrogens is 227 g/mol. The third-order valence-corrected chi connectivity index (χ3v) is 2.14. The largest absolute Gasteiger partial charge is 0.493 e. The minimum absolute atomic E-state index is 0.00188. The van der Waals surface area contributed by atoms with Crippen molar-refractivity contribution in [1.29, 1.82) is 0 Å². The average molecular weight is 235 g/mol. The molecule has 6 heteroatoms. The Morgan fingerprint density at radius 2 is 2.07 bits per heavy atom. The zero-order valence-electron chi connectivity index (χ0n) is 8.01. The highest BCUT2D eigenvalue weighted by Gasteiger charge is 2.22. The molecule has 0 fully saturated rings. The number of carboxylic acids is 1. The summed E-state index contributed by atoms with van der Waals surface area (Å²) in [4.78, 5) is 10.7. The molecule has 1 rings (SSSR count). The maximum absolute atomic E-state index is 13.3. The maximum atomic E-state index is 13.3. The molecular formula is C9H8ClFO4. The van der Waals surface area contributed by atoms with Gasteiger partial charge in [-0.1, -0.05) is 11.6 Å². The van der Waals surface area contributed by atoms with Gasteiger partial charge in [-0.05, 0) is 0 Å². The fourth-order valence-corrected chi connectivity index (χ4v) is 1.46. The van der Waals surface area contributed by atoms with Gasteiger partial charge in [0, 0.05) is 6.07 Å². The average Bonchev–Trinajstić information content (AvgIpc) is 2.16. The van der Waals surface area contributed by atoms with Crippen LogP contribution >= 0.6 is 11.6 Å². The lowest BCUT2D eigenvalue weighted by Crippen LogP contribution is -2.04. The van der Waals surface area contributed by atoms with E-state index in [2.05, 4.69) is 0 Å². The first kappa shape index (κ1) is 11.6. The SMILES string of the molecule is COc1cc(F)c(C(=O)O)c(Cl)c1OC. The summed E-state index contributed by atoms with van der Waals surface area (Å²) < 4.78 is 22.9. The summed E-state index contributed by atoms with van der Waals surface area (Å²) in [5.74, 6) is -2.38. The Morgan fingerprint density at radius 1 is 1.47 bits per heavy atom. The molecule has 0 radical (unpaired) electrons. The highest BCUT2D eigenvalue weighted by atomic mass is 35.5. The third-order valence-electron chi connectivity index (χ3n) is 1.78. The molecule has 1 aromatic rings. The predicted octanol–water partition coefficient (Wildman–Crippen LogP) is 2.19. The van der Waals surface area contributed by atoms with Gasteiger partial charge in [-0.15, -0.1) is 0 Å². The molecule has 1 aromatic carbocycles. The predicted molar refractivity (Wildman–Crippen MR) is 51.5 cm³/mol. The van der Waals surface area contributed by atoms with Crippen LogP contribution in [0.1, 0.15) is 10.4 Å². The van der Waals surface area contributed by atoms with E-state index in [4.69, 9.17) is 26.2 Å². The van der Waals surface area contributed by atoms with Gasteiger partial charge in [0.15, 0.2) is 11.5 Å². The fourth-order valence-electron chi connectivity index (χ4n) is 1.12. The van der Waals surface area contributed by atoms with Crippen LogP contribution in [-0.4, -0.2) is 25.3 Å². The second kappa shape index (κ2) is 4.35. The normalized spacial score (nSPS) is 9.87. The van der Waals surface area contributed by atoms with Crippen molar-refractivity contribution in [1.82, 2.24) is 0 Å². The number of benzene rings is 1. The second-order valence-corrected chi connectivity index (χ2v) is 2.97. The van der Waals surface area contributed by atoms with Gasteiger partial charge >= 0.3 is 5.97 Å². The molecule has 0 saturated heterocycles. The second-order valence-electron chi connectivity index (χ2n) is 2.59. The topological polar surface area (TPSA) is 55.8 Å². The Kier molecular flexibility index (Phi) is 3.36. The lowest BCUT2D eigenvalue weighted by atomic mass is 10.2. The van der Waals surface area contributed by atoms with Crippen LogP contribution in [0.5, 0.6) is 11.5 Å². The minimum atomic E-state index is -1.46. The summed E-state index contributed by atoms with van der Waals surface area (Å²) in [6, 6.07) is 0.911. The number of ether oxygens (including phenoxy) is 2. The zero-order chi connectivity index (χ0) is 11.6. The van der Waals surface area contributed by atoms with Gasteiger partial charge in [0.25, 0.3) is 0 Å². The van der Waals surface area contributed by atoms with E-state index < -0.39 is 17.3 Å². The molecule has 0 spiro atoms. The van der Waals surface area contributed by atoms with Crippen LogP contribution in [0.3, 0.4) is 0 Å². The summed E-state index contributed by atoms with van der Waals surface area (Å²) in [5.41, 5.74) is -0.630. The molecule has 0 bridgehead atoms. The van der Waals surface area contributed by atoms with Crippen molar-refractivity contribution in [3.8, 4) is 11.5 Å².